The molecule has 100 valence electrons. The van der Waals surface area contributed by atoms with E-state index < -0.39 is 0 Å². The second-order valence-electron chi connectivity index (χ2n) is 5.02. The molecular weight excluding hydrogens is 214 g/mol. The van der Waals surface area contributed by atoms with Gasteiger partial charge in [-0.1, -0.05) is 39.5 Å². The zero-order valence-corrected chi connectivity index (χ0v) is 11.4. The summed E-state index contributed by atoms with van der Waals surface area (Å²) in [7, 11) is 0. The first-order valence-electron chi connectivity index (χ1n) is 7.17. The fraction of sp³-hybridized carbons (Fsp3) is 0.929. The van der Waals surface area contributed by atoms with Gasteiger partial charge in [0.2, 0.25) is 0 Å². The molecule has 0 aromatic rings. The number of carbonyl (C=O) groups is 1. The van der Waals surface area contributed by atoms with Crippen molar-refractivity contribution in [2.75, 3.05) is 13.2 Å². The lowest BCUT2D eigenvalue weighted by Crippen LogP contribution is -2.48. The number of esters is 1. The van der Waals surface area contributed by atoms with Crippen molar-refractivity contribution in [3.05, 3.63) is 0 Å². The van der Waals surface area contributed by atoms with Crippen LogP contribution in [-0.2, 0) is 9.53 Å². The Morgan fingerprint density at radius 2 is 2.00 bits per heavy atom. The topological polar surface area (TPSA) is 38.3 Å². The molecule has 1 fully saturated rings. The van der Waals surface area contributed by atoms with Crippen LogP contribution in [0.3, 0.4) is 0 Å². The summed E-state index contributed by atoms with van der Waals surface area (Å²) >= 11 is 0. The van der Waals surface area contributed by atoms with Gasteiger partial charge in [0, 0.05) is 0 Å². The second-order valence-corrected chi connectivity index (χ2v) is 5.02. The molecule has 1 atom stereocenters. The van der Waals surface area contributed by atoms with E-state index in [4.69, 9.17) is 4.74 Å². The molecule has 1 aliphatic heterocycles. The number of nitrogens with one attached hydrogen (secondary N) is 1. The van der Waals surface area contributed by atoms with Crippen LogP contribution in [0.1, 0.15) is 65.2 Å². The highest BCUT2D eigenvalue weighted by Crippen LogP contribution is 2.24. The number of carbonyl (C=O) groups excluding carboxylic acids is 1. The van der Waals surface area contributed by atoms with Gasteiger partial charge in [0.25, 0.3) is 0 Å². The normalized spacial score (nSPS) is 23.9. The lowest BCUT2D eigenvalue weighted by molar-refractivity contribution is -0.151. The van der Waals surface area contributed by atoms with Crippen molar-refractivity contribution in [1.82, 2.24) is 5.32 Å². The van der Waals surface area contributed by atoms with E-state index in [2.05, 4.69) is 19.2 Å². The highest BCUT2D eigenvalue weighted by Gasteiger charge is 2.40. The Bertz CT molecular complexity index is 222. The molecular formula is C14H27NO2. The van der Waals surface area contributed by atoms with E-state index >= 15 is 0 Å². The van der Waals surface area contributed by atoms with Crippen LogP contribution >= 0.6 is 0 Å². The zero-order chi connectivity index (χ0) is 12.6. The van der Waals surface area contributed by atoms with Gasteiger partial charge in [0.15, 0.2) is 0 Å². The summed E-state index contributed by atoms with van der Waals surface area (Å²) in [6, 6.07) is 0. The Kier molecular flexibility index (Phi) is 6.56. The average Bonchev–Trinajstić information content (AvgIpc) is 2.83. The van der Waals surface area contributed by atoms with E-state index in [9.17, 15) is 4.79 Å². The minimum absolute atomic E-state index is 0.0343. The third-order valence-electron chi connectivity index (χ3n) is 3.72. The summed E-state index contributed by atoms with van der Waals surface area (Å²) in [4.78, 5) is 12.0. The van der Waals surface area contributed by atoms with Gasteiger partial charge < -0.3 is 10.1 Å². The van der Waals surface area contributed by atoms with Gasteiger partial charge in [-0.05, 0) is 32.2 Å². The quantitative estimate of drug-likeness (QED) is 0.524. The van der Waals surface area contributed by atoms with Gasteiger partial charge in [-0.2, -0.15) is 0 Å². The Morgan fingerprint density at radius 3 is 2.59 bits per heavy atom. The van der Waals surface area contributed by atoms with Crippen LogP contribution in [0.5, 0.6) is 0 Å². The van der Waals surface area contributed by atoms with Crippen molar-refractivity contribution in [2.45, 2.75) is 70.8 Å². The molecule has 0 aromatic heterocycles. The Balaban J connectivity index is 2.15. The number of ether oxygens (including phenoxy) is 1. The number of hydrogen-bond donors (Lipinski definition) is 1. The summed E-state index contributed by atoms with van der Waals surface area (Å²) in [6.45, 7) is 5.79. The van der Waals surface area contributed by atoms with Gasteiger partial charge >= 0.3 is 5.97 Å². The smallest absolute Gasteiger partial charge is 0.326 e. The van der Waals surface area contributed by atoms with Crippen molar-refractivity contribution in [2.24, 2.45) is 0 Å². The molecule has 0 bridgehead atoms. The summed E-state index contributed by atoms with van der Waals surface area (Å²) in [5.41, 5.74) is -0.372. The largest absolute Gasteiger partial charge is 0.464 e. The fourth-order valence-electron chi connectivity index (χ4n) is 2.44. The molecule has 1 N–H and O–H groups in total. The van der Waals surface area contributed by atoms with Gasteiger partial charge in [-0.25, -0.2) is 0 Å². The van der Waals surface area contributed by atoms with Gasteiger partial charge in [-0.3, -0.25) is 4.79 Å². The Labute approximate surface area is 105 Å². The highest BCUT2D eigenvalue weighted by molar-refractivity contribution is 5.81. The maximum absolute atomic E-state index is 12.0. The molecule has 0 spiro atoms. The summed E-state index contributed by atoms with van der Waals surface area (Å²) in [5, 5.41) is 3.31. The summed E-state index contributed by atoms with van der Waals surface area (Å²) in [5.74, 6) is -0.0343. The van der Waals surface area contributed by atoms with E-state index in [1.54, 1.807) is 0 Å². The Hall–Kier alpha value is -0.570. The minimum atomic E-state index is -0.372. The van der Waals surface area contributed by atoms with E-state index in [1.165, 1.54) is 25.7 Å². The van der Waals surface area contributed by atoms with Crippen LogP contribution < -0.4 is 5.32 Å². The lowest BCUT2D eigenvalue weighted by atomic mass is 9.94. The molecule has 0 aliphatic carbocycles. The standard InChI is InChI=1S/C14H27NO2/c1-3-5-6-7-8-12-17-13(16)14(4-2)10-9-11-15-14/h15H,3-12H2,1-2H3. The van der Waals surface area contributed by atoms with Crippen LogP contribution in [-0.4, -0.2) is 24.7 Å². The van der Waals surface area contributed by atoms with E-state index in [1.807, 2.05) is 0 Å². The predicted octanol–water partition coefficient (Wildman–Crippen LogP) is 3.03. The molecule has 0 saturated carbocycles. The zero-order valence-electron chi connectivity index (χ0n) is 11.4. The predicted molar refractivity (Wildman–Crippen MR) is 70.0 cm³/mol. The molecule has 1 aliphatic rings. The molecule has 17 heavy (non-hydrogen) atoms. The van der Waals surface area contributed by atoms with Crippen LogP contribution in [0.15, 0.2) is 0 Å². The molecule has 1 saturated heterocycles. The molecule has 3 heteroatoms. The average molecular weight is 241 g/mol. The van der Waals surface area contributed by atoms with Crippen LogP contribution in [0.2, 0.25) is 0 Å². The summed E-state index contributed by atoms with van der Waals surface area (Å²) in [6.07, 6.45) is 8.82. The van der Waals surface area contributed by atoms with Crippen LogP contribution in [0.25, 0.3) is 0 Å². The first-order valence-corrected chi connectivity index (χ1v) is 7.17. The SMILES string of the molecule is CCCCCCCOC(=O)C1(CC)CCCN1. The van der Waals surface area contributed by atoms with Gasteiger partial charge in [-0.15, -0.1) is 0 Å². The molecule has 0 radical (unpaired) electrons. The van der Waals surface area contributed by atoms with Gasteiger partial charge in [0.1, 0.15) is 5.54 Å². The van der Waals surface area contributed by atoms with E-state index in [0.29, 0.717) is 6.61 Å². The minimum Gasteiger partial charge on any atom is -0.464 e. The van der Waals surface area contributed by atoms with E-state index in [0.717, 1.165) is 32.2 Å². The first kappa shape index (κ1) is 14.5. The molecule has 1 unspecified atom stereocenters. The van der Waals surface area contributed by atoms with Crippen molar-refractivity contribution in [1.29, 1.82) is 0 Å². The third-order valence-corrected chi connectivity index (χ3v) is 3.72. The first-order chi connectivity index (χ1) is 8.25. The van der Waals surface area contributed by atoms with E-state index in [-0.39, 0.29) is 11.5 Å². The monoisotopic (exact) mass is 241 g/mol. The maximum Gasteiger partial charge on any atom is 0.326 e. The van der Waals surface area contributed by atoms with Crippen molar-refractivity contribution < 1.29 is 9.53 Å². The molecule has 0 amide bonds. The molecule has 1 rings (SSSR count). The molecule has 3 nitrogen and oxygen atoms in total. The number of unbranched alkanes of at least 4 members (excludes halogenated alkanes) is 4. The lowest BCUT2D eigenvalue weighted by Gasteiger charge is -2.25. The number of rotatable bonds is 8. The maximum atomic E-state index is 12.0. The van der Waals surface area contributed by atoms with Crippen molar-refractivity contribution in [3.63, 3.8) is 0 Å². The third kappa shape index (κ3) is 4.30. The molecule has 1 heterocycles. The van der Waals surface area contributed by atoms with Gasteiger partial charge in [0.05, 0.1) is 6.61 Å². The van der Waals surface area contributed by atoms with Crippen molar-refractivity contribution in [3.8, 4) is 0 Å². The van der Waals surface area contributed by atoms with Crippen LogP contribution in [0.4, 0.5) is 0 Å². The fourth-order valence-corrected chi connectivity index (χ4v) is 2.44. The number of hydrogen-bond acceptors (Lipinski definition) is 3. The highest BCUT2D eigenvalue weighted by atomic mass is 16.5. The second kappa shape index (κ2) is 7.70. The van der Waals surface area contributed by atoms with Crippen LogP contribution in [0, 0.1) is 0 Å². The summed E-state index contributed by atoms with van der Waals surface area (Å²) < 4.78 is 5.40. The van der Waals surface area contributed by atoms with Crippen molar-refractivity contribution >= 4 is 5.97 Å². The molecule has 0 aromatic carbocycles. The Morgan fingerprint density at radius 1 is 1.24 bits per heavy atom.